The van der Waals surface area contributed by atoms with Crippen LogP contribution in [0.5, 0.6) is 5.75 Å². The Kier molecular flexibility index (Phi) is 6.25. The Morgan fingerprint density at radius 3 is 2.71 bits per heavy atom. The fraction of sp³-hybridized carbons (Fsp3) is 0.111. The maximum atomic E-state index is 13.3. The smallest absolute Gasteiger partial charge is 0.292 e. The summed E-state index contributed by atoms with van der Waals surface area (Å²) in [5.74, 6) is 0.937. The van der Waals surface area contributed by atoms with Gasteiger partial charge in [0.15, 0.2) is 11.6 Å². The quantitative estimate of drug-likeness (QED) is 0.279. The number of halogens is 2. The van der Waals surface area contributed by atoms with Crippen LogP contribution < -0.4 is 10.1 Å². The van der Waals surface area contributed by atoms with Gasteiger partial charge in [0.25, 0.3) is 5.91 Å². The van der Waals surface area contributed by atoms with Crippen molar-refractivity contribution in [2.24, 2.45) is 0 Å². The van der Waals surface area contributed by atoms with Crippen LogP contribution in [0.2, 0.25) is 5.02 Å². The molecule has 5 rings (SSSR count). The van der Waals surface area contributed by atoms with Gasteiger partial charge in [-0.15, -0.1) is 0 Å². The number of hydrogen-bond donors (Lipinski definition) is 1. The molecule has 2 heterocycles. The third kappa shape index (κ3) is 5.20. The average molecular weight is 490 g/mol. The third-order valence-corrected chi connectivity index (χ3v) is 5.90. The molecule has 8 heteroatoms. The molecule has 2 aromatic heterocycles. The van der Waals surface area contributed by atoms with Gasteiger partial charge in [-0.05, 0) is 59.7 Å². The second-order valence-corrected chi connectivity index (χ2v) is 8.49. The van der Waals surface area contributed by atoms with Gasteiger partial charge in [0.2, 0.25) is 0 Å². The zero-order valence-electron chi connectivity index (χ0n) is 18.8. The third-order valence-electron chi connectivity index (χ3n) is 5.55. The van der Waals surface area contributed by atoms with Crippen LogP contribution in [0.4, 0.5) is 10.2 Å². The summed E-state index contributed by atoms with van der Waals surface area (Å²) in [6, 6.07) is 23.1. The van der Waals surface area contributed by atoms with Crippen molar-refractivity contribution in [1.29, 1.82) is 0 Å². The lowest BCUT2D eigenvalue weighted by Crippen LogP contribution is -2.12. The minimum absolute atomic E-state index is 0.149. The van der Waals surface area contributed by atoms with Gasteiger partial charge in [-0.25, -0.2) is 4.39 Å². The van der Waals surface area contributed by atoms with Crippen molar-refractivity contribution in [3.05, 3.63) is 112 Å². The number of carbonyl (C=O) groups excluding carboxylic acids is 1. The number of hydrogen-bond acceptors (Lipinski definition) is 4. The summed E-state index contributed by atoms with van der Waals surface area (Å²) in [6.07, 6.45) is 0. The zero-order valence-corrected chi connectivity index (χ0v) is 19.6. The highest BCUT2D eigenvalue weighted by Crippen LogP contribution is 2.23. The molecule has 0 atom stereocenters. The summed E-state index contributed by atoms with van der Waals surface area (Å²) < 4.78 is 26.5. The molecule has 0 aliphatic rings. The number of aryl methyl sites for hydroxylation is 1. The Bertz CT molecular complexity index is 1530. The SMILES string of the molecule is Cc1cc(NC(=O)c2ccc(COc3ccc4ccccc4c3)o2)nn1Cc1ccc(F)cc1Cl. The van der Waals surface area contributed by atoms with Crippen molar-refractivity contribution in [3.63, 3.8) is 0 Å². The van der Waals surface area contributed by atoms with E-state index in [2.05, 4.69) is 10.4 Å². The largest absolute Gasteiger partial charge is 0.486 e. The maximum Gasteiger partial charge on any atom is 0.292 e. The minimum Gasteiger partial charge on any atom is -0.486 e. The second kappa shape index (κ2) is 9.64. The maximum absolute atomic E-state index is 13.3. The summed E-state index contributed by atoms with van der Waals surface area (Å²) in [4.78, 5) is 12.7. The van der Waals surface area contributed by atoms with Gasteiger partial charge in [-0.3, -0.25) is 9.48 Å². The number of benzene rings is 3. The van der Waals surface area contributed by atoms with Crippen LogP contribution in [-0.2, 0) is 13.2 Å². The molecule has 1 N–H and O–H groups in total. The summed E-state index contributed by atoms with van der Waals surface area (Å²) in [5, 5.41) is 9.68. The van der Waals surface area contributed by atoms with E-state index >= 15 is 0 Å². The molecule has 0 unspecified atom stereocenters. The van der Waals surface area contributed by atoms with Gasteiger partial charge in [0.1, 0.15) is 23.9 Å². The van der Waals surface area contributed by atoms with Crippen LogP contribution in [0.25, 0.3) is 10.8 Å². The second-order valence-electron chi connectivity index (χ2n) is 8.08. The van der Waals surface area contributed by atoms with Crippen LogP contribution in [0.3, 0.4) is 0 Å². The molecule has 0 bridgehead atoms. The van der Waals surface area contributed by atoms with Crippen molar-refractivity contribution < 1.29 is 18.3 Å². The number of fused-ring (bicyclic) bond motifs is 1. The number of carbonyl (C=O) groups is 1. The molecule has 35 heavy (non-hydrogen) atoms. The van der Waals surface area contributed by atoms with E-state index in [0.29, 0.717) is 28.9 Å². The number of aromatic nitrogens is 2. The minimum atomic E-state index is -0.425. The molecule has 0 radical (unpaired) electrons. The molecule has 3 aromatic carbocycles. The van der Waals surface area contributed by atoms with E-state index in [-0.39, 0.29) is 12.4 Å². The van der Waals surface area contributed by atoms with Gasteiger partial charge < -0.3 is 14.5 Å². The van der Waals surface area contributed by atoms with Crippen LogP contribution in [0, 0.1) is 12.7 Å². The number of ether oxygens (including phenoxy) is 1. The first-order valence-electron chi connectivity index (χ1n) is 10.9. The number of nitrogens with one attached hydrogen (secondary N) is 1. The molecule has 0 saturated carbocycles. The van der Waals surface area contributed by atoms with Crippen molar-refractivity contribution in [1.82, 2.24) is 9.78 Å². The lowest BCUT2D eigenvalue weighted by molar-refractivity contribution is 0.0992. The Hall–Kier alpha value is -4.10. The number of nitrogens with zero attached hydrogens (tertiary/aromatic N) is 2. The van der Waals surface area contributed by atoms with E-state index in [4.69, 9.17) is 20.8 Å². The summed E-state index contributed by atoms with van der Waals surface area (Å²) in [6.45, 7) is 2.39. The van der Waals surface area contributed by atoms with Gasteiger partial charge >= 0.3 is 0 Å². The van der Waals surface area contributed by atoms with Gasteiger partial charge in [-0.2, -0.15) is 5.10 Å². The van der Waals surface area contributed by atoms with Crippen molar-refractivity contribution in [2.45, 2.75) is 20.1 Å². The molecule has 0 aliphatic heterocycles. The van der Waals surface area contributed by atoms with Crippen LogP contribution in [0.1, 0.15) is 27.6 Å². The number of anilines is 1. The Balaban J connectivity index is 1.21. The summed E-state index contributed by atoms with van der Waals surface area (Å²) in [7, 11) is 0. The molecule has 1 amide bonds. The lowest BCUT2D eigenvalue weighted by atomic mass is 10.1. The highest BCUT2D eigenvalue weighted by atomic mass is 35.5. The summed E-state index contributed by atoms with van der Waals surface area (Å²) in [5.41, 5.74) is 1.53. The van der Waals surface area contributed by atoms with E-state index < -0.39 is 11.7 Å². The first-order valence-corrected chi connectivity index (χ1v) is 11.3. The van der Waals surface area contributed by atoms with Crippen molar-refractivity contribution in [2.75, 3.05) is 5.32 Å². The predicted molar refractivity (Wildman–Crippen MR) is 132 cm³/mol. The molecule has 6 nitrogen and oxygen atoms in total. The Labute approximate surface area is 205 Å². The van der Waals surface area contributed by atoms with E-state index in [1.165, 1.54) is 12.1 Å². The monoisotopic (exact) mass is 489 g/mol. The highest BCUT2D eigenvalue weighted by Gasteiger charge is 2.15. The predicted octanol–water partition coefficient (Wildman–Crippen LogP) is 6.61. The molecule has 176 valence electrons. The van der Waals surface area contributed by atoms with Crippen molar-refractivity contribution in [3.8, 4) is 5.75 Å². The fourth-order valence-electron chi connectivity index (χ4n) is 3.71. The van der Waals surface area contributed by atoms with Crippen molar-refractivity contribution >= 4 is 34.1 Å². The molecule has 0 aliphatic carbocycles. The molecule has 0 fully saturated rings. The van der Waals surface area contributed by atoms with Gasteiger partial charge in [0, 0.05) is 16.8 Å². The van der Waals surface area contributed by atoms with Crippen LogP contribution in [0.15, 0.2) is 83.3 Å². The standard InChI is InChI=1S/C27H21ClFN3O3/c1-17-12-26(31-32(17)15-20-6-8-21(29)14-24(20)28)30-27(33)25-11-10-23(35-25)16-34-22-9-7-18-4-2-3-5-19(18)13-22/h2-14H,15-16H2,1H3,(H,30,31,33). The molecule has 5 aromatic rings. The number of rotatable bonds is 7. The first-order chi connectivity index (χ1) is 16.9. The zero-order chi connectivity index (χ0) is 24.4. The Morgan fingerprint density at radius 2 is 1.89 bits per heavy atom. The van der Waals surface area contributed by atoms with Crippen LogP contribution in [-0.4, -0.2) is 15.7 Å². The number of amides is 1. The van der Waals surface area contributed by atoms with Crippen LogP contribution >= 0.6 is 11.6 Å². The van der Waals surface area contributed by atoms with E-state index in [1.807, 2.05) is 49.4 Å². The van der Waals surface area contributed by atoms with E-state index in [1.54, 1.807) is 28.9 Å². The topological polar surface area (TPSA) is 69.3 Å². The Morgan fingerprint density at radius 1 is 1.06 bits per heavy atom. The molecule has 0 spiro atoms. The molecular formula is C27H21ClFN3O3. The fourth-order valence-corrected chi connectivity index (χ4v) is 3.94. The van der Waals surface area contributed by atoms with Gasteiger partial charge in [0.05, 0.1) is 6.54 Å². The number of furan rings is 1. The van der Waals surface area contributed by atoms with E-state index in [9.17, 15) is 9.18 Å². The summed E-state index contributed by atoms with van der Waals surface area (Å²) >= 11 is 6.12. The normalized spacial score (nSPS) is 11.1. The highest BCUT2D eigenvalue weighted by molar-refractivity contribution is 6.31. The lowest BCUT2D eigenvalue weighted by Gasteiger charge is -2.07. The molecular weight excluding hydrogens is 469 g/mol. The average Bonchev–Trinajstić information content (AvgIpc) is 3.46. The molecule has 0 saturated heterocycles. The van der Waals surface area contributed by atoms with Gasteiger partial charge in [-0.1, -0.05) is 48.0 Å². The first kappa shape index (κ1) is 22.7. The van der Waals surface area contributed by atoms with E-state index in [0.717, 1.165) is 22.0 Å².